The molecule has 0 saturated heterocycles. The van der Waals surface area contributed by atoms with Crippen molar-refractivity contribution in [3.8, 4) is 0 Å². The number of nitrogens with one attached hydrogen (secondary N) is 1. The van der Waals surface area contributed by atoms with Crippen LogP contribution in [0, 0.1) is 5.92 Å². The first-order valence-electron chi connectivity index (χ1n) is 6.16. The number of hydrogen-bond donors (Lipinski definition) is 1. The summed E-state index contributed by atoms with van der Waals surface area (Å²) in [5.41, 5.74) is 0.269. The largest absolute Gasteiger partial charge is 0.467 e. The lowest BCUT2D eigenvalue weighted by Crippen LogP contribution is -2.44. The summed E-state index contributed by atoms with van der Waals surface area (Å²) in [6.07, 6.45) is 3.25. The molecule has 2 rings (SSSR count). The van der Waals surface area contributed by atoms with Gasteiger partial charge >= 0.3 is 5.97 Å². The van der Waals surface area contributed by atoms with Crippen LogP contribution in [-0.2, 0) is 9.53 Å². The molecular formula is C14H18BrNO2. The van der Waals surface area contributed by atoms with E-state index in [2.05, 4.69) is 21.2 Å². The maximum Gasteiger partial charge on any atom is 0.331 e. The zero-order valence-electron chi connectivity index (χ0n) is 10.7. The van der Waals surface area contributed by atoms with Crippen molar-refractivity contribution >= 4 is 27.6 Å². The van der Waals surface area contributed by atoms with E-state index in [1.807, 2.05) is 31.2 Å². The van der Waals surface area contributed by atoms with Gasteiger partial charge in [-0.25, -0.2) is 4.79 Å². The molecule has 1 aromatic rings. The molecule has 1 aliphatic carbocycles. The van der Waals surface area contributed by atoms with Crippen LogP contribution in [0.1, 0.15) is 26.2 Å². The van der Waals surface area contributed by atoms with Gasteiger partial charge in [0.1, 0.15) is 5.54 Å². The first-order chi connectivity index (χ1) is 8.55. The van der Waals surface area contributed by atoms with Crippen LogP contribution >= 0.6 is 15.9 Å². The Kier molecular flexibility index (Phi) is 3.95. The number of benzene rings is 1. The fourth-order valence-corrected chi connectivity index (χ4v) is 2.55. The van der Waals surface area contributed by atoms with Gasteiger partial charge in [-0.2, -0.15) is 0 Å². The Balaban J connectivity index is 2.18. The van der Waals surface area contributed by atoms with E-state index in [4.69, 9.17) is 4.74 Å². The van der Waals surface area contributed by atoms with Crippen LogP contribution in [0.4, 0.5) is 5.69 Å². The van der Waals surface area contributed by atoms with Gasteiger partial charge in [-0.15, -0.1) is 0 Å². The van der Waals surface area contributed by atoms with Gasteiger partial charge in [0.25, 0.3) is 0 Å². The highest BCUT2D eigenvalue weighted by atomic mass is 79.9. The average molecular weight is 312 g/mol. The number of ether oxygens (including phenoxy) is 1. The number of rotatable bonds is 5. The third-order valence-electron chi connectivity index (χ3n) is 3.31. The van der Waals surface area contributed by atoms with Crippen LogP contribution in [0.25, 0.3) is 0 Å². The number of carbonyl (C=O) groups excluding carboxylic acids is 1. The Hall–Kier alpha value is -1.03. The van der Waals surface area contributed by atoms with Gasteiger partial charge in [-0.3, -0.25) is 0 Å². The second-order valence-corrected chi connectivity index (χ2v) is 5.93. The number of methoxy groups -OCH3 is 1. The van der Waals surface area contributed by atoms with Gasteiger partial charge in [0.15, 0.2) is 0 Å². The molecule has 0 bridgehead atoms. The molecule has 4 heteroatoms. The van der Waals surface area contributed by atoms with Crippen molar-refractivity contribution in [3.05, 3.63) is 28.7 Å². The van der Waals surface area contributed by atoms with E-state index >= 15 is 0 Å². The standard InChI is InChI=1S/C14H18BrNO2/c1-14(13(17)18-2,9-10-7-8-10)16-12-6-4-3-5-11(12)15/h3-6,10,16H,7-9H2,1-2H3. The first kappa shape index (κ1) is 13.4. The average Bonchev–Trinajstić information content (AvgIpc) is 3.15. The first-order valence-corrected chi connectivity index (χ1v) is 6.95. The predicted molar refractivity (Wildman–Crippen MR) is 75.5 cm³/mol. The number of halogens is 1. The predicted octanol–water partition coefficient (Wildman–Crippen LogP) is 3.59. The summed E-state index contributed by atoms with van der Waals surface area (Å²) in [6, 6.07) is 7.81. The van der Waals surface area contributed by atoms with Gasteiger partial charge in [0.05, 0.1) is 7.11 Å². The third-order valence-corrected chi connectivity index (χ3v) is 4.01. The SMILES string of the molecule is COC(=O)C(C)(CC1CC1)Nc1ccccc1Br. The molecule has 0 aliphatic heterocycles. The molecule has 1 fully saturated rings. The molecule has 98 valence electrons. The number of carbonyl (C=O) groups is 1. The molecule has 1 atom stereocenters. The maximum atomic E-state index is 12.0. The second-order valence-electron chi connectivity index (χ2n) is 5.08. The van der Waals surface area contributed by atoms with E-state index in [-0.39, 0.29) is 5.97 Å². The van der Waals surface area contributed by atoms with Crippen molar-refractivity contribution in [2.45, 2.75) is 31.7 Å². The molecule has 1 saturated carbocycles. The summed E-state index contributed by atoms with van der Waals surface area (Å²) >= 11 is 3.49. The monoisotopic (exact) mass is 311 g/mol. The molecule has 0 amide bonds. The fourth-order valence-electron chi connectivity index (χ4n) is 2.17. The van der Waals surface area contributed by atoms with Crippen LogP contribution in [0.15, 0.2) is 28.7 Å². The second kappa shape index (κ2) is 5.31. The van der Waals surface area contributed by atoms with Gasteiger partial charge < -0.3 is 10.1 Å². The van der Waals surface area contributed by atoms with E-state index in [0.29, 0.717) is 5.92 Å². The Morgan fingerprint density at radius 1 is 1.50 bits per heavy atom. The summed E-state index contributed by atoms with van der Waals surface area (Å²) < 4.78 is 5.89. The topological polar surface area (TPSA) is 38.3 Å². The fraction of sp³-hybridized carbons (Fsp3) is 0.500. The zero-order valence-corrected chi connectivity index (χ0v) is 12.3. The van der Waals surface area contributed by atoms with Crippen molar-refractivity contribution in [1.29, 1.82) is 0 Å². The van der Waals surface area contributed by atoms with Crippen LogP contribution in [0.2, 0.25) is 0 Å². The van der Waals surface area contributed by atoms with Crippen LogP contribution in [0.5, 0.6) is 0 Å². The Morgan fingerprint density at radius 3 is 2.72 bits per heavy atom. The lowest BCUT2D eigenvalue weighted by Gasteiger charge is -2.29. The smallest absolute Gasteiger partial charge is 0.331 e. The molecule has 1 N–H and O–H groups in total. The highest BCUT2D eigenvalue weighted by molar-refractivity contribution is 9.10. The van der Waals surface area contributed by atoms with Crippen molar-refractivity contribution in [2.75, 3.05) is 12.4 Å². The molecule has 0 spiro atoms. The highest BCUT2D eigenvalue weighted by Gasteiger charge is 2.40. The summed E-state index contributed by atoms with van der Waals surface area (Å²) in [6.45, 7) is 1.91. The summed E-state index contributed by atoms with van der Waals surface area (Å²) in [4.78, 5) is 12.0. The van der Waals surface area contributed by atoms with Crippen molar-refractivity contribution in [3.63, 3.8) is 0 Å². The van der Waals surface area contributed by atoms with E-state index in [1.54, 1.807) is 0 Å². The number of hydrogen-bond acceptors (Lipinski definition) is 3. The van der Waals surface area contributed by atoms with Crippen LogP contribution in [-0.4, -0.2) is 18.6 Å². The van der Waals surface area contributed by atoms with Gasteiger partial charge in [-0.1, -0.05) is 25.0 Å². The Morgan fingerprint density at radius 2 is 2.17 bits per heavy atom. The lowest BCUT2D eigenvalue weighted by atomic mass is 9.94. The Labute approximate surface area is 116 Å². The Bertz CT molecular complexity index is 445. The molecule has 0 radical (unpaired) electrons. The third kappa shape index (κ3) is 3.05. The minimum absolute atomic E-state index is 0.204. The number of esters is 1. The van der Waals surface area contributed by atoms with Crippen molar-refractivity contribution < 1.29 is 9.53 Å². The van der Waals surface area contributed by atoms with Gasteiger partial charge in [0.2, 0.25) is 0 Å². The van der Waals surface area contributed by atoms with E-state index in [9.17, 15) is 4.79 Å². The summed E-state index contributed by atoms with van der Waals surface area (Å²) in [7, 11) is 1.44. The molecule has 1 aliphatic rings. The van der Waals surface area contributed by atoms with Crippen LogP contribution < -0.4 is 5.32 Å². The normalized spacial score (nSPS) is 17.9. The number of anilines is 1. The summed E-state index contributed by atoms with van der Waals surface area (Å²) in [5, 5.41) is 3.32. The van der Waals surface area contributed by atoms with Gasteiger partial charge in [-0.05, 0) is 47.3 Å². The summed E-state index contributed by atoms with van der Waals surface area (Å²) in [5.74, 6) is 0.439. The minimum atomic E-state index is -0.653. The quantitative estimate of drug-likeness (QED) is 0.844. The van der Waals surface area contributed by atoms with E-state index in [0.717, 1.165) is 16.6 Å². The molecular weight excluding hydrogens is 294 g/mol. The van der Waals surface area contributed by atoms with E-state index < -0.39 is 5.54 Å². The van der Waals surface area contributed by atoms with Crippen molar-refractivity contribution in [2.24, 2.45) is 5.92 Å². The molecule has 1 aromatic carbocycles. The molecule has 1 unspecified atom stereocenters. The minimum Gasteiger partial charge on any atom is -0.467 e. The van der Waals surface area contributed by atoms with Crippen LogP contribution in [0.3, 0.4) is 0 Å². The van der Waals surface area contributed by atoms with Gasteiger partial charge in [0, 0.05) is 10.2 Å². The van der Waals surface area contributed by atoms with Crippen molar-refractivity contribution in [1.82, 2.24) is 0 Å². The maximum absolute atomic E-state index is 12.0. The number of para-hydroxylation sites is 1. The molecule has 3 nitrogen and oxygen atoms in total. The highest BCUT2D eigenvalue weighted by Crippen LogP contribution is 2.39. The zero-order chi connectivity index (χ0) is 13.2. The molecule has 0 aromatic heterocycles. The molecule has 0 heterocycles. The van der Waals surface area contributed by atoms with E-state index in [1.165, 1.54) is 20.0 Å². The molecule has 18 heavy (non-hydrogen) atoms. The lowest BCUT2D eigenvalue weighted by molar-refractivity contribution is -0.145.